The van der Waals surface area contributed by atoms with Crippen LogP contribution in [0, 0.1) is 11.8 Å². The fourth-order valence-electron chi connectivity index (χ4n) is 2.13. The molecule has 1 N–H and O–H groups in total. The van der Waals surface area contributed by atoms with Crippen molar-refractivity contribution in [3.05, 3.63) is 18.0 Å². The smallest absolute Gasteiger partial charge is 0.0627 e. The van der Waals surface area contributed by atoms with Crippen LogP contribution in [0.1, 0.15) is 39.3 Å². The third kappa shape index (κ3) is 5.87. The molecule has 0 aliphatic rings. The Kier molecular flexibility index (Phi) is 6.27. The minimum Gasteiger partial charge on any atom is -0.316 e. The van der Waals surface area contributed by atoms with Crippen molar-refractivity contribution in [2.45, 2.75) is 40.0 Å². The maximum atomic E-state index is 4.46. The molecular weight excluding hydrogens is 210 g/mol. The lowest BCUT2D eigenvalue weighted by Gasteiger charge is -2.16. The van der Waals surface area contributed by atoms with Crippen LogP contribution in [-0.4, -0.2) is 22.9 Å². The highest BCUT2D eigenvalue weighted by Gasteiger charge is 2.10. The second-order valence-corrected chi connectivity index (χ2v) is 5.39. The van der Waals surface area contributed by atoms with Gasteiger partial charge in [-0.2, -0.15) is 5.10 Å². The molecule has 0 bridgehead atoms. The van der Waals surface area contributed by atoms with Crippen LogP contribution in [0.25, 0.3) is 0 Å². The molecule has 1 heterocycles. The van der Waals surface area contributed by atoms with Gasteiger partial charge in [0, 0.05) is 13.2 Å². The Balaban J connectivity index is 2.37. The van der Waals surface area contributed by atoms with Crippen molar-refractivity contribution >= 4 is 0 Å². The molecule has 0 amide bonds. The lowest BCUT2D eigenvalue weighted by molar-refractivity contribution is 0.417. The molecule has 1 rings (SSSR count). The van der Waals surface area contributed by atoms with Crippen LogP contribution in [0.15, 0.2) is 12.3 Å². The fourth-order valence-corrected chi connectivity index (χ4v) is 2.13. The molecule has 1 atom stereocenters. The normalized spacial score (nSPS) is 13.2. The number of nitrogens with one attached hydrogen (secondary N) is 1. The Morgan fingerprint density at radius 1 is 1.35 bits per heavy atom. The summed E-state index contributed by atoms with van der Waals surface area (Å²) >= 11 is 0. The molecule has 1 aromatic rings. The Morgan fingerprint density at radius 2 is 2.12 bits per heavy atom. The monoisotopic (exact) mass is 237 g/mol. The molecule has 0 spiro atoms. The van der Waals surface area contributed by atoms with Gasteiger partial charge < -0.3 is 5.32 Å². The fraction of sp³-hybridized carbons (Fsp3) is 0.786. The molecule has 0 fully saturated rings. The van der Waals surface area contributed by atoms with Gasteiger partial charge in [-0.25, -0.2) is 0 Å². The summed E-state index contributed by atoms with van der Waals surface area (Å²) in [5.41, 5.74) is 1.22. The van der Waals surface area contributed by atoms with E-state index in [-0.39, 0.29) is 0 Å². The third-order valence-corrected chi connectivity index (χ3v) is 2.95. The number of rotatable bonds is 8. The zero-order chi connectivity index (χ0) is 12.7. The van der Waals surface area contributed by atoms with Gasteiger partial charge in [-0.3, -0.25) is 4.68 Å². The second-order valence-electron chi connectivity index (χ2n) is 5.39. The lowest BCUT2D eigenvalue weighted by atomic mass is 9.98. The maximum absolute atomic E-state index is 4.46. The van der Waals surface area contributed by atoms with Crippen molar-refractivity contribution in [2.75, 3.05) is 13.1 Å². The molecule has 3 nitrogen and oxygen atoms in total. The highest BCUT2D eigenvalue weighted by Crippen LogP contribution is 2.12. The summed E-state index contributed by atoms with van der Waals surface area (Å²) in [6.45, 7) is 8.99. The Bertz CT molecular complexity index is 304. The van der Waals surface area contributed by atoms with E-state index in [0.717, 1.165) is 25.4 Å². The maximum Gasteiger partial charge on any atom is 0.0627 e. The molecule has 0 saturated carbocycles. The van der Waals surface area contributed by atoms with Gasteiger partial charge in [0.15, 0.2) is 0 Å². The van der Waals surface area contributed by atoms with Crippen LogP contribution in [0.4, 0.5) is 0 Å². The zero-order valence-corrected chi connectivity index (χ0v) is 11.7. The van der Waals surface area contributed by atoms with E-state index < -0.39 is 0 Å². The lowest BCUT2D eigenvalue weighted by Crippen LogP contribution is -2.27. The average molecular weight is 237 g/mol. The van der Waals surface area contributed by atoms with Crippen LogP contribution < -0.4 is 5.32 Å². The standard InChI is InChI=1S/C14H27N3/c1-5-6-13(11-15-10-12(2)3)9-14-7-8-17(4)16-14/h7-8,12-13,15H,5-6,9-11H2,1-4H3. The first-order chi connectivity index (χ1) is 8.11. The molecule has 17 heavy (non-hydrogen) atoms. The topological polar surface area (TPSA) is 29.9 Å². The van der Waals surface area contributed by atoms with E-state index in [2.05, 4.69) is 37.3 Å². The predicted octanol–water partition coefficient (Wildman–Crippen LogP) is 2.62. The van der Waals surface area contributed by atoms with Crippen LogP contribution in [0.3, 0.4) is 0 Å². The molecule has 0 aliphatic carbocycles. The van der Waals surface area contributed by atoms with E-state index in [1.807, 2.05) is 17.9 Å². The van der Waals surface area contributed by atoms with E-state index in [1.165, 1.54) is 18.5 Å². The molecular formula is C14H27N3. The minimum atomic E-state index is 0.716. The molecule has 0 aromatic carbocycles. The van der Waals surface area contributed by atoms with Gasteiger partial charge in [-0.1, -0.05) is 27.2 Å². The summed E-state index contributed by atoms with van der Waals surface area (Å²) in [6.07, 6.45) is 5.65. The number of hydrogen-bond donors (Lipinski definition) is 1. The van der Waals surface area contributed by atoms with Crippen LogP contribution in [0.5, 0.6) is 0 Å². The highest BCUT2D eigenvalue weighted by atomic mass is 15.2. The first kappa shape index (κ1) is 14.2. The highest BCUT2D eigenvalue weighted by molar-refractivity contribution is 5.00. The SMILES string of the molecule is CCCC(CNCC(C)C)Cc1ccn(C)n1. The third-order valence-electron chi connectivity index (χ3n) is 2.95. The van der Waals surface area contributed by atoms with Crippen LogP contribution in [0.2, 0.25) is 0 Å². The van der Waals surface area contributed by atoms with E-state index in [9.17, 15) is 0 Å². The molecule has 0 aliphatic heterocycles. The van der Waals surface area contributed by atoms with Crippen molar-refractivity contribution in [2.24, 2.45) is 18.9 Å². The minimum absolute atomic E-state index is 0.716. The Morgan fingerprint density at radius 3 is 2.65 bits per heavy atom. The largest absolute Gasteiger partial charge is 0.316 e. The van der Waals surface area contributed by atoms with Crippen molar-refractivity contribution in [1.29, 1.82) is 0 Å². The van der Waals surface area contributed by atoms with Gasteiger partial charge in [0.2, 0.25) is 0 Å². The van der Waals surface area contributed by atoms with Crippen molar-refractivity contribution < 1.29 is 0 Å². The van der Waals surface area contributed by atoms with Gasteiger partial charge in [0.25, 0.3) is 0 Å². The predicted molar refractivity (Wildman–Crippen MR) is 73.0 cm³/mol. The van der Waals surface area contributed by atoms with Gasteiger partial charge in [-0.15, -0.1) is 0 Å². The quantitative estimate of drug-likeness (QED) is 0.753. The van der Waals surface area contributed by atoms with Gasteiger partial charge in [-0.05, 0) is 43.8 Å². The summed E-state index contributed by atoms with van der Waals surface area (Å²) < 4.78 is 1.89. The summed E-state index contributed by atoms with van der Waals surface area (Å²) in [5, 5.41) is 8.03. The number of hydrogen-bond acceptors (Lipinski definition) is 2. The summed E-state index contributed by atoms with van der Waals surface area (Å²) in [5.74, 6) is 1.45. The molecule has 1 aromatic heterocycles. The molecule has 3 heteroatoms. The van der Waals surface area contributed by atoms with Gasteiger partial charge in [0.05, 0.1) is 5.69 Å². The second kappa shape index (κ2) is 7.49. The van der Waals surface area contributed by atoms with E-state index >= 15 is 0 Å². The van der Waals surface area contributed by atoms with Crippen molar-refractivity contribution in [1.82, 2.24) is 15.1 Å². The number of aryl methyl sites for hydroxylation is 1. The molecule has 0 radical (unpaired) electrons. The van der Waals surface area contributed by atoms with Crippen molar-refractivity contribution in [3.8, 4) is 0 Å². The zero-order valence-electron chi connectivity index (χ0n) is 11.7. The number of nitrogens with zero attached hydrogens (tertiary/aromatic N) is 2. The summed E-state index contributed by atoms with van der Waals surface area (Å²) in [6, 6.07) is 2.13. The van der Waals surface area contributed by atoms with Crippen LogP contribution >= 0.6 is 0 Å². The number of aromatic nitrogens is 2. The van der Waals surface area contributed by atoms with Gasteiger partial charge >= 0.3 is 0 Å². The Hall–Kier alpha value is -0.830. The van der Waals surface area contributed by atoms with Gasteiger partial charge in [0.1, 0.15) is 0 Å². The van der Waals surface area contributed by atoms with Crippen molar-refractivity contribution in [3.63, 3.8) is 0 Å². The molecule has 98 valence electrons. The average Bonchev–Trinajstić information content (AvgIpc) is 2.63. The van der Waals surface area contributed by atoms with E-state index in [4.69, 9.17) is 0 Å². The van der Waals surface area contributed by atoms with E-state index in [0.29, 0.717) is 5.92 Å². The first-order valence-corrected chi connectivity index (χ1v) is 6.81. The van der Waals surface area contributed by atoms with Crippen LogP contribution in [-0.2, 0) is 13.5 Å². The molecule has 0 saturated heterocycles. The summed E-state index contributed by atoms with van der Waals surface area (Å²) in [7, 11) is 1.98. The van der Waals surface area contributed by atoms with E-state index in [1.54, 1.807) is 0 Å². The molecule has 1 unspecified atom stereocenters. The Labute approximate surface area is 106 Å². The first-order valence-electron chi connectivity index (χ1n) is 6.81. The summed E-state index contributed by atoms with van der Waals surface area (Å²) in [4.78, 5) is 0.